The Labute approximate surface area is 115 Å². The molecule has 0 spiro atoms. The van der Waals surface area contributed by atoms with Crippen LogP contribution in [0.4, 0.5) is 0 Å². The number of rotatable bonds is 11. The highest BCUT2D eigenvalue weighted by atomic mass is 14.6. The summed E-state index contributed by atoms with van der Waals surface area (Å²) in [7, 11) is 0. The molecule has 1 aliphatic rings. The van der Waals surface area contributed by atoms with E-state index in [-0.39, 0.29) is 0 Å². The average Bonchev–Trinajstić information content (AvgIpc) is 2.77. The third kappa shape index (κ3) is 8.13. The number of hydrogen-bond acceptors (Lipinski definition) is 1. The van der Waals surface area contributed by atoms with Crippen LogP contribution in [0, 0.1) is 5.92 Å². The Morgan fingerprint density at radius 2 is 1.33 bits per heavy atom. The summed E-state index contributed by atoms with van der Waals surface area (Å²) in [5, 5.41) is 0. The first-order valence-corrected chi connectivity index (χ1v) is 8.58. The zero-order chi connectivity index (χ0) is 13.1. The van der Waals surface area contributed by atoms with Crippen molar-refractivity contribution < 1.29 is 0 Å². The van der Waals surface area contributed by atoms with Crippen molar-refractivity contribution in [3.63, 3.8) is 0 Å². The molecule has 2 unspecified atom stereocenters. The number of hydrogen-bond donors (Lipinski definition) is 1. The minimum absolute atomic E-state index is 0.526. The van der Waals surface area contributed by atoms with E-state index in [1.54, 1.807) is 0 Å². The SMILES string of the molecule is CCCCCCCCCCCCC1CCC(N)C1. The molecule has 108 valence electrons. The van der Waals surface area contributed by atoms with Crippen molar-refractivity contribution in [2.24, 2.45) is 11.7 Å². The Bertz CT molecular complexity index is 178. The molecular weight excluding hydrogens is 218 g/mol. The first-order chi connectivity index (χ1) is 8.83. The minimum atomic E-state index is 0.526. The molecule has 1 saturated carbocycles. The van der Waals surface area contributed by atoms with Crippen LogP contribution >= 0.6 is 0 Å². The summed E-state index contributed by atoms with van der Waals surface area (Å²) in [6, 6.07) is 0.526. The van der Waals surface area contributed by atoms with Gasteiger partial charge in [0.2, 0.25) is 0 Å². The Hall–Kier alpha value is -0.0400. The van der Waals surface area contributed by atoms with Crippen molar-refractivity contribution in [2.75, 3.05) is 0 Å². The lowest BCUT2D eigenvalue weighted by atomic mass is 9.98. The topological polar surface area (TPSA) is 26.0 Å². The molecule has 0 aromatic heterocycles. The molecule has 18 heavy (non-hydrogen) atoms. The lowest BCUT2D eigenvalue weighted by Gasteiger charge is -2.08. The third-order valence-corrected chi connectivity index (χ3v) is 4.55. The van der Waals surface area contributed by atoms with Crippen molar-refractivity contribution in [3.8, 4) is 0 Å². The van der Waals surface area contributed by atoms with Crippen molar-refractivity contribution in [3.05, 3.63) is 0 Å². The van der Waals surface area contributed by atoms with Crippen LogP contribution in [0.15, 0.2) is 0 Å². The molecule has 0 aliphatic heterocycles. The second kappa shape index (κ2) is 10.8. The molecule has 1 aliphatic carbocycles. The van der Waals surface area contributed by atoms with E-state index in [2.05, 4.69) is 6.92 Å². The zero-order valence-electron chi connectivity index (χ0n) is 12.6. The molecular formula is C17H35N. The average molecular weight is 253 g/mol. The second-order valence-corrected chi connectivity index (χ2v) is 6.41. The van der Waals surface area contributed by atoms with Gasteiger partial charge in [-0.15, -0.1) is 0 Å². The normalized spacial score (nSPS) is 23.7. The molecule has 1 heteroatoms. The van der Waals surface area contributed by atoms with Crippen LogP contribution in [0.3, 0.4) is 0 Å². The van der Waals surface area contributed by atoms with Crippen molar-refractivity contribution in [1.29, 1.82) is 0 Å². The second-order valence-electron chi connectivity index (χ2n) is 6.41. The number of unbranched alkanes of at least 4 members (excludes halogenated alkanes) is 9. The van der Waals surface area contributed by atoms with Gasteiger partial charge >= 0.3 is 0 Å². The van der Waals surface area contributed by atoms with Gasteiger partial charge in [0.05, 0.1) is 0 Å². The van der Waals surface area contributed by atoms with Crippen molar-refractivity contribution in [2.45, 2.75) is 103 Å². The van der Waals surface area contributed by atoms with Crippen LogP contribution in [0.5, 0.6) is 0 Å². The van der Waals surface area contributed by atoms with Crippen LogP contribution in [-0.4, -0.2) is 6.04 Å². The van der Waals surface area contributed by atoms with E-state index in [0.29, 0.717) is 6.04 Å². The molecule has 2 atom stereocenters. The summed E-state index contributed by atoms with van der Waals surface area (Å²) in [6.07, 6.45) is 19.9. The van der Waals surface area contributed by atoms with Crippen LogP contribution in [-0.2, 0) is 0 Å². The summed E-state index contributed by atoms with van der Waals surface area (Å²) < 4.78 is 0. The molecule has 0 radical (unpaired) electrons. The third-order valence-electron chi connectivity index (χ3n) is 4.55. The van der Waals surface area contributed by atoms with E-state index in [4.69, 9.17) is 5.73 Å². The standard InChI is InChI=1S/C17H35N/c1-2-3-4-5-6-7-8-9-10-11-12-16-13-14-17(18)15-16/h16-17H,2-15,18H2,1H3. The highest BCUT2D eigenvalue weighted by molar-refractivity contribution is 4.77. The molecule has 1 rings (SSSR count). The van der Waals surface area contributed by atoms with E-state index in [1.165, 1.54) is 89.9 Å². The first kappa shape index (κ1) is 16.0. The summed E-state index contributed by atoms with van der Waals surface area (Å²) >= 11 is 0. The van der Waals surface area contributed by atoms with Crippen LogP contribution < -0.4 is 5.73 Å². The zero-order valence-corrected chi connectivity index (χ0v) is 12.6. The Morgan fingerprint density at radius 1 is 0.778 bits per heavy atom. The van der Waals surface area contributed by atoms with E-state index >= 15 is 0 Å². The lowest BCUT2D eigenvalue weighted by Crippen LogP contribution is -2.14. The maximum absolute atomic E-state index is 5.95. The molecule has 0 amide bonds. The van der Waals surface area contributed by atoms with Crippen molar-refractivity contribution >= 4 is 0 Å². The molecule has 0 aromatic carbocycles. The van der Waals surface area contributed by atoms with E-state index < -0.39 is 0 Å². The molecule has 0 heterocycles. The van der Waals surface area contributed by atoms with Gasteiger partial charge in [0.15, 0.2) is 0 Å². The van der Waals surface area contributed by atoms with Gasteiger partial charge in [-0.1, -0.05) is 77.6 Å². The minimum Gasteiger partial charge on any atom is -0.328 e. The monoisotopic (exact) mass is 253 g/mol. The fourth-order valence-corrected chi connectivity index (χ4v) is 3.30. The van der Waals surface area contributed by atoms with Gasteiger partial charge in [0, 0.05) is 6.04 Å². The largest absolute Gasteiger partial charge is 0.328 e. The van der Waals surface area contributed by atoms with Gasteiger partial charge < -0.3 is 5.73 Å². The highest BCUT2D eigenvalue weighted by Crippen LogP contribution is 2.28. The summed E-state index contributed by atoms with van der Waals surface area (Å²) in [4.78, 5) is 0. The maximum Gasteiger partial charge on any atom is 0.00415 e. The first-order valence-electron chi connectivity index (χ1n) is 8.58. The Balaban J connectivity index is 1.73. The van der Waals surface area contributed by atoms with Crippen LogP contribution in [0.25, 0.3) is 0 Å². The van der Waals surface area contributed by atoms with E-state index in [0.717, 1.165) is 5.92 Å². The quantitative estimate of drug-likeness (QED) is 0.488. The fourth-order valence-electron chi connectivity index (χ4n) is 3.30. The van der Waals surface area contributed by atoms with Gasteiger partial charge in [0.25, 0.3) is 0 Å². The Kier molecular flexibility index (Phi) is 9.65. The molecule has 1 nitrogen and oxygen atoms in total. The van der Waals surface area contributed by atoms with Gasteiger partial charge in [-0.05, 0) is 25.2 Å². The number of nitrogens with two attached hydrogens (primary N) is 1. The van der Waals surface area contributed by atoms with E-state index in [9.17, 15) is 0 Å². The summed E-state index contributed by atoms with van der Waals surface area (Å²) in [5.74, 6) is 0.967. The van der Waals surface area contributed by atoms with Crippen LogP contribution in [0.2, 0.25) is 0 Å². The summed E-state index contributed by atoms with van der Waals surface area (Å²) in [5.41, 5.74) is 5.95. The molecule has 0 bridgehead atoms. The highest BCUT2D eigenvalue weighted by Gasteiger charge is 2.20. The van der Waals surface area contributed by atoms with Gasteiger partial charge in [-0.2, -0.15) is 0 Å². The Morgan fingerprint density at radius 3 is 1.83 bits per heavy atom. The van der Waals surface area contributed by atoms with Gasteiger partial charge in [0.1, 0.15) is 0 Å². The maximum atomic E-state index is 5.95. The lowest BCUT2D eigenvalue weighted by molar-refractivity contribution is 0.455. The smallest absolute Gasteiger partial charge is 0.00415 e. The predicted octanol–water partition coefficient (Wildman–Crippen LogP) is 5.42. The van der Waals surface area contributed by atoms with Gasteiger partial charge in [-0.25, -0.2) is 0 Å². The molecule has 1 fully saturated rings. The summed E-state index contributed by atoms with van der Waals surface area (Å²) in [6.45, 7) is 2.29. The predicted molar refractivity (Wildman–Crippen MR) is 81.8 cm³/mol. The van der Waals surface area contributed by atoms with Gasteiger partial charge in [-0.3, -0.25) is 0 Å². The van der Waals surface area contributed by atoms with Crippen molar-refractivity contribution in [1.82, 2.24) is 0 Å². The fraction of sp³-hybridized carbons (Fsp3) is 1.00. The molecule has 2 N–H and O–H groups in total. The molecule has 0 aromatic rings. The van der Waals surface area contributed by atoms with Crippen LogP contribution in [0.1, 0.15) is 96.8 Å². The van der Waals surface area contributed by atoms with E-state index in [1.807, 2.05) is 0 Å². The molecule has 0 saturated heterocycles.